The maximum Gasteiger partial charge on any atom is 0.161 e. The molecule has 0 aromatic heterocycles. The van der Waals surface area contributed by atoms with Crippen LogP contribution in [0.2, 0.25) is 0 Å². The van der Waals surface area contributed by atoms with Gasteiger partial charge in [0.05, 0.1) is 13.7 Å². The molecule has 2 atom stereocenters. The molecule has 25 heavy (non-hydrogen) atoms. The van der Waals surface area contributed by atoms with Gasteiger partial charge in [-0.2, -0.15) is 0 Å². The number of hydrogen-bond donors (Lipinski definition) is 0. The SMILES string of the molecule is CCCOc1cc2c(cc1OC)[C@H]1CN(C)[C@H](CC(C)C)CN1CC2. The highest BCUT2D eigenvalue weighted by molar-refractivity contribution is 5.49. The van der Waals surface area contributed by atoms with Crippen LogP contribution in [-0.4, -0.2) is 56.2 Å². The molecule has 0 N–H and O–H groups in total. The molecule has 0 amide bonds. The van der Waals surface area contributed by atoms with Crippen LogP contribution < -0.4 is 9.47 Å². The summed E-state index contributed by atoms with van der Waals surface area (Å²) in [7, 11) is 4.03. The van der Waals surface area contributed by atoms with Gasteiger partial charge in [-0.1, -0.05) is 20.8 Å². The summed E-state index contributed by atoms with van der Waals surface area (Å²) in [4.78, 5) is 5.24. The normalized spacial score (nSPS) is 24.1. The highest BCUT2D eigenvalue weighted by atomic mass is 16.5. The smallest absolute Gasteiger partial charge is 0.161 e. The lowest BCUT2D eigenvalue weighted by Gasteiger charge is -2.48. The van der Waals surface area contributed by atoms with Gasteiger partial charge < -0.3 is 14.4 Å². The van der Waals surface area contributed by atoms with Gasteiger partial charge in [0, 0.05) is 31.7 Å². The second-order valence-corrected chi connectivity index (χ2v) is 8.03. The molecule has 0 aliphatic carbocycles. The molecule has 4 heteroatoms. The van der Waals surface area contributed by atoms with Crippen LogP contribution in [0.3, 0.4) is 0 Å². The summed E-state index contributed by atoms with van der Waals surface area (Å²) >= 11 is 0. The lowest BCUT2D eigenvalue weighted by Crippen LogP contribution is -2.55. The summed E-state index contributed by atoms with van der Waals surface area (Å²) in [5, 5.41) is 0. The van der Waals surface area contributed by atoms with Gasteiger partial charge in [0.1, 0.15) is 0 Å². The third kappa shape index (κ3) is 3.95. The minimum Gasteiger partial charge on any atom is -0.493 e. The zero-order valence-electron chi connectivity index (χ0n) is 16.5. The maximum absolute atomic E-state index is 5.91. The number of likely N-dealkylation sites (N-methyl/N-ethyl adjacent to an activating group) is 1. The molecule has 2 heterocycles. The highest BCUT2D eigenvalue weighted by Crippen LogP contribution is 2.40. The van der Waals surface area contributed by atoms with Gasteiger partial charge in [-0.25, -0.2) is 0 Å². The number of benzene rings is 1. The first kappa shape index (κ1) is 18.5. The fourth-order valence-electron chi connectivity index (χ4n) is 4.31. The van der Waals surface area contributed by atoms with Crippen molar-refractivity contribution in [1.82, 2.24) is 9.80 Å². The van der Waals surface area contributed by atoms with Crippen LogP contribution in [0.4, 0.5) is 0 Å². The molecule has 1 aromatic rings. The zero-order chi connectivity index (χ0) is 18.0. The molecule has 2 aliphatic heterocycles. The van der Waals surface area contributed by atoms with E-state index in [1.54, 1.807) is 7.11 Å². The van der Waals surface area contributed by atoms with Gasteiger partial charge in [0.25, 0.3) is 0 Å². The molecule has 1 fully saturated rings. The maximum atomic E-state index is 5.91. The highest BCUT2D eigenvalue weighted by Gasteiger charge is 2.36. The molecule has 0 saturated carbocycles. The first-order valence-electron chi connectivity index (χ1n) is 9.81. The summed E-state index contributed by atoms with van der Waals surface area (Å²) in [6.45, 7) is 11.0. The summed E-state index contributed by atoms with van der Waals surface area (Å²) < 4.78 is 11.5. The van der Waals surface area contributed by atoms with Gasteiger partial charge in [0.2, 0.25) is 0 Å². The van der Waals surface area contributed by atoms with Crippen molar-refractivity contribution in [2.45, 2.75) is 52.1 Å². The molecule has 1 saturated heterocycles. The third-order valence-corrected chi connectivity index (χ3v) is 5.63. The Morgan fingerprint density at radius 3 is 2.68 bits per heavy atom. The monoisotopic (exact) mass is 346 g/mol. The Bertz CT molecular complexity index is 588. The standard InChI is InChI=1S/C21H34N2O2/c1-6-9-25-21-11-16-7-8-23-13-17(10-15(2)3)22(4)14-19(23)18(16)12-20(21)24-5/h11-12,15,17,19H,6-10,13-14H2,1-5H3/t17-,19-/m1/s1. The first-order valence-corrected chi connectivity index (χ1v) is 9.81. The molecule has 0 radical (unpaired) electrons. The van der Waals surface area contributed by atoms with Crippen LogP contribution in [0, 0.1) is 5.92 Å². The van der Waals surface area contributed by atoms with Crippen molar-refractivity contribution in [3.8, 4) is 11.5 Å². The number of fused-ring (bicyclic) bond motifs is 3. The Morgan fingerprint density at radius 2 is 2.00 bits per heavy atom. The van der Waals surface area contributed by atoms with E-state index < -0.39 is 0 Å². The molecule has 1 aromatic carbocycles. The molecule has 0 bridgehead atoms. The van der Waals surface area contributed by atoms with E-state index in [4.69, 9.17) is 9.47 Å². The summed E-state index contributed by atoms with van der Waals surface area (Å²) in [6, 6.07) is 5.60. The molecular weight excluding hydrogens is 312 g/mol. The van der Waals surface area contributed by atoms with E-state index in [0.717, 1.165) is 50.0 Å². The van der Waals surface area contributed by atoms with Crippen LogP contribution in [0.15, 0.2) is 12.1 Å². The average molecular weight is 347 g/mol. The predicted octanol–water partition coefficient (Wildman–Crippen LogP) is 3.74. The molecular formula is C21H34N2O2. The van der Waals surface area contributed by atoms with E-state index in [9.17, 15) is 0 Å². The number of piperazine rings is 1. The molecule has 0 spiro atoms. The van der Waals surface area contributed by atoms with Crippen LogP contribution in [0.5, 0.6) is 11.5 Å². The van der Waals surface area contributed by atoms with E-state index in [2.05, 4.69) is 49.8 Å². The summed E-state index contributed by atoms with van der Waals surface area (Å²) in [6.07, 6.45) is 3.40. The quantitative estimate of drug-likeness (QED) is 0.783. The largest absolute Gasteiger partial charge is 0.493 e. The second-order valence-electron chi connectivity index (χ2n) is 8.03. The molecule has 2 aliphatic rings. The molecule has 0 unspecified atom stereocenters. The fourth-order valence-corrected chi connectivity index (χ4v) is 4.31. The third-order valence-electron chi connectivity index (χ3n) is 5.63. The summed E-state index contributed by atoms with van der Waals surface area (Å²) in [5.41, 5.74) is 2.87. The van der Waals surface area contributed by atoms with Crippen LogP contribution in [0.1, 0.15) is 50.8 Å². The molecule has 140 valence electrons. The topological polar surface area (TPSA) is 24.9 Å². The Kier molecular flexibility index (Phi) is 5.90. The van der Waals surface area contributed by atoms with Gasteiger partial charge in [-0.05, 0) is 55.5 Å². The van der Waals surface area contributed by atoms with Gasteiger partial charge in [0.15, 0.2) is 11.5 Å². The van der Waals surface area contributed by atoms with Gasteiger partial charge in [-0.3, -0.25) is 4.90 Å². The van der Waals surface area contributed by atoms with E-state index in [1.807, 2.05) is 0 Å². The number of methoxy groups -OCH3 is 1. The van der Waals surface area contributed by atoms with Gasteiger partial charge in [-0.15, -0.1) is 0 Å². The number of nitrogens with zero attached hydrogens (tertiary/aromatic N) is 2. The van der Waals surface area contributed by atoms with Crippen molar-refractivity contribution in [3.63, 3.8) is 0 Å². The summed E-state index contributed by atoms with van der Waals surface area (Å²) in [5.74, 6) is 2.53. The molecule has 4 nitrogen and oxygen atoms in total. The Hall–Kier alpha value is -1.26. The Labute approximate surface area is 153 Å². The number of ether oxygens (including phenoxy) is 2. The van der Waals surface area contributed by atoms with Crippen LogP contribution in [0.25, 0.3) is 0 Å². The second kappa shape index (κ2) is 7.96. The number of hydrogen-bond acceptors (Lipinski definition) is 4. The lowest BCUT2D eigenvalue weighted by molar-refractivity contribution is 0.0294. The fraction of sp³-hybridized carbons (Fsp3) is 0.714. The van der Waals surface area contributed by atoms with E-state index in [-0.39, 0.29) is 0 Å². The van der Waals surface area contributed by atoms with E-state index in [0.29, 0.717) is 12.1 Å². The zero-order valence-corrected chi connectivity index (χ0v) is 16.5. The Morgan fingerprint density at radius 1 is 1.20 bits per heavy atom. The van der Waals surface area contributed by atoms with E-state index >= 15 is 0 Å². The van der Waals surface area contributed by atoms with Crippen molar-refractivity contribution in [2.24, 2.45) is 5.92 Å². The lowest BCUT2D eigenvalue weighted by atomic mass is 9.88. The van der Waals surface area contributed by atoms with Crippen molar-refractivity contribution in [2.75, 3.05) is 40.4 Å². The predicted molar refractivity (Wildman–Crippen MR) is 103 cm³/mol. The average Bonchev–Trinajstić information content (AvgIpc) is 2.59. The molecule has 3 rings (SSSR count). The van der Waals surface area contributed by atoms with Crippen molar-refractivity contribution >= 4 is 0 Å². The van der Waals surface area contributed by atoms with Gasteiger partial charge >= 0.3 is 0 Å². The van der Waals surface area contributed by atoms with Crippen molar-refractivity contribution < 1.29 is 9.47 Å². The van der Waals surface area contributed by atoms with Crippen molar-refractivity contribution in [1.29, 1.82) is 0 Å². The van der Waals surface area contributed by atoms with Crippen molar-refractivity contribution in [3.05, 3.63) is 23.3 Å². The minimum atomic E-state index is 0.478. The minimum absolute atomic E-state index is 0.478. The Balaban J connectivity index is 1.84. The number of rotatable bonds is 6. The first-order chi connectivity index (χ1) is 12.0. The van der Waals surface area contributed by atoms with Crippen LogP contribution >= 0.6 is 0 Å². The van der Waals surface area contributed by atoms with E-state index in [1.165, 1.54) is 24.1 Å². The van der Waals surface area contributed by atoms with Crippen LogP contribution in [-0.2, 0) is 6.42 Å².